The monoisotopic (exact) mass is 320 g/mol. The van der Waals surface area contributed by atoms with Crippen LogP contribution >= 0.6 is 0 Å². The molecule has 8 nitrogen and oxygen atoms in total. The molecule has 0 spiro atoms. The van der Waals surface area contributed by atoms with E-state index < -0.39 is 11.9 Å². The SMILES string of the molecule is COCCN(CC(=O)O)C(=O)c1cnc2c(cnn2C(C)C)c1. The summed E-state index contributed by atoms with van der Waals surface area (Å²) in [5, 5.41) is 13.9. The third-order valence-electron chi connectivity index (χ3n) is 3.35. The molecule has 2 aromatic rings. The summed E-state index contributed by atoms with van der Waals surface area (Å²) in [4.78, 5) is 29.0. The second-order valence-electron chi connectivity index (χ2n) is 5.43. The lowest BCUT2D eigenvalue weighted by molar-refractivity contribution is -0.137. The van der Waals surface area contributed by atoms with Gasteiger partial charge >= 0.3 is 5.97 Å². The highest BCUT2D eigenvalue weighted by molar-refractivity contribution is 5.98. The number of nitrogens with zero attached hydrogens (tertiary/aromatic N) is 4. The molecule has 0 atom stereocenters. The van der Waals surface area contributed by atoms with Gasteiger partial charge < -0.3 is 14.7 Å². The van der Waals surface area contributed by atoms with Crippen LogP contribution < -0.4 is 0 Å². The van der Waals surface area contributed by atoms with Crippen LogP contribution in [-0.4, -0.2) is 63.5 Å². The molecule has 2 rings (SSSR count). The van der Waals surface area contributed by atoms with E-state index in [9.17, 15) is 9.59 Å². The lowest BCUT2D eigenvalue weighted by Gasteiger charge is -2.20. The van der Waals surface area contributed by atoms with Gasteiger partial charge in [0.15, 0.2) is 5.65 Å². The largest absolute Gasteiger partial charge is 0.480 e. The van der Waals surface area contributed by atoms with E-state index in [1.165, 1.54) is 18.2 Å². The number of methoxy groups -OCH3 is 1. The smallest absolute Gasteiger partial charge is 0.323 e. The van der Waals surface area contributed by atoms with Gasteiger partial charge in [-0.25, -0.2) is 9.67 Å². The number of amides is 1. The number of aromatic nitrogens is 3. The summed E-state index contributed by atoms with van der Waals surface area (Å²) in [6.45, 7) is 4.06. The van der Waals surface area contributed by atoms with E-state index in [1.807, 2.05) is 13.8 Å². The van der Waals surface area contributed by atoms with Crippen LogP contribution in [0.15, 0.2) is 18.5 Å². The maximum atomic E-state index is 12.5. The fourth-order valence-electron chi connectivity index (χ4n) is 2.23. The molecule has 0 radical (unpaired) electrons. The lowest BCUT2D eigenvalue weighted by atomic mass is 10.2. The Labute approximate surface area is 133 Å². The van der Waals surface area contributed by atoms with Gasteiger partial charge in [0.05, 0.1) is 18.4 Å². The maximum absolute atomic E-state index is 12.5. The molecular weight excluding hydrogens is 300 g/mol. The summed E-state index contributed by atoms with van der Waals surface area (Å²) >= 11 is 0. The van der Waals surface area contributed by atoms with Crippen molar-refractivity contribution in [2.24, 2.45) is 0 Å². The molecule has 0 aromatic carbocycles. The van der Waals surface area contributed by atoms with Crippen LogP contribution in [0.5, 0.6) is 0 Å². The second kappa shape index (κ2) is 7.19. The van der Waals surface area contributed by atoms with Crippen molar-refractivity contribution in [1.29, 1.82) is 0 Å². The average Bonchev–Trinajstić information content (AvgIpc) is 2.93. The molecule has 0 aliphatic rings. The molecule has 0 saturated heterocycles. The third-order valence-corrected chi connectivity index (χ3v) is 3.35. The van der Waals surface area contributed by atoms with Crippen LogP contribution in [0.3, 0.4) is 0 Å². The number of rotatable bonds is 7. The van der Waals surface area contributed by atoms with Crippen LogP contribution in [0.1, 0.15) is 30.2 Å². The van der Waals surface area contributed by atoms with Gasteiger partial charge in [0.25, 0.3) is 5.91 Å². The summed E-state index contributed by atoms with van der Waals surface area (Å²) in [6, 6.07) is 1.84. The summed E-state index contributed by atoms with van der Waals surface area (Å²) in [7, 11) is 1.50. The fraction of sp³-hybridized carbons (Fsp3) is 0.467. The summed E-state index contributed by atoms with van der Waals surface area (Å²) in [6.07, 6.45) is 3.10. The molecule has 8 heteroatoms. The predicted octanol–water partition coefficient (Wildman–Crippen LogP) is 1.19. The molecule has 0 unspecified atom stereocenters. The molecular formula is C15H20N4O4. The maximum Gasteiger partial charge on any atom is 0.323 e. The van der Waals surface area contributed by atoms with Crippen LogP contribution in [0.4, 0.5) is 0 Å². The Kier molecular flexibility index (Phi) is 5.28. The first-order valence-corrected chi connectivity index (χ1v) is 7.27. The quantitative estimate of drug-likeness (QED) is 0.823. The Hall–Kier alpha value is -2.48. The first kappa shape index (κ1) is 16.9. The molecule has 1 N–H and O–H groups in total. The lowest BCUT2D eigenvalue weighted by Crippen LogP contribution is -2.38. The summed E-state index contributed by atoms with van der Waals surface area (Å²) in [5.74, 6) is -1.47. The van der Waals surface area contributed by atoms with Crippen molar-refractivity contribution in [2.45, 2.75) is 19.9 Å². The van der Waals surface area contributed by atoms with Crippen LogP contribution in [-0.2, 0) is 9.53 Å². The van der Waals surface area contributed by atoms with Gasteiger partial charge in [-0.2, -0.15) is 5.10 Å². The normalized spacial score (nSPS) is 11.1. The van der Waals surface area contributed by atoms with E-state index in [1.54, 1.807) is 16.9 Å². The van der Waals surface area contributed by atoms with Crippen LogP contribution in [0.2, 0.25) is 0 Å². The topological polar surface area (TPSA) is 97.6 Å². The van der Waals surface area contributed by atoms with E-state index in [4.69, 9.17) is 9.84 Å². The molecule has 0 fully saturated rings. The number of ether oxygens (including phenoxy) is 1. The van der Waals surface area contributed by atoms with E-state index in [0.29, 0.717) is 11.2 Å². The molecule has 23 heavy (non-hydrogen) atoms. The van der Waals surface area contributed by atoms with E-state index >= 15 is 0 Å². The Morgan fingerprint density at radius 2 is 2.13 bits per heavy atom. The number of aliphatic carboxylic acids is 1. The first-order chi connectivity index (χ1) is 10.9. The molecule has 1 amide bonds. The number of pyridine rings is 1. The number of carbonyl (C=O) groups is 2. The zero-order chi connectivity index (χ0) is 17.0. The highest BCUT2D eigenvalue weighted by Crippen LogP contribution is 2.17. The Bertz CT molecular complexity index is 711. The van der Waals surface area contributed by atoms with Gasteiger partial charge in [0, 0.05) is 31.3 Å². The Morgan fingerprint density at radius 3 is 2.74 bits per heavy atom. The van der Waals surface area contributed by atoms with Crippen molar-refractivity contribution in [2.75, 3.05) is 26.8 Å². The van der Waals surface area contributed by atoms with Gasteiger partial charge in [-0.3, -0.25) is 9.59 Å². The van der Waals surface area contributed by atoms with E-state index in [-0.39, 0.29) is 25.7 Å². The fourth-order valence-corrected chi connectivity index (χ4v) is 2.23. The predicted molar refractivity (Wildman–Crippen MR) is 83.3 cm³/mol. The van der Waals surface area contributed by atoms with Gasteiger partial charge in [0.2, 0.25) is 0 Å². The van der Waals surface area contributed by atoms with E-state index in [2.05, 4.69) is 10.1 Å². The van der Waals surface area contributed by atoms with Crippen molar-refractivity contribution in [3.63, 3.8) is 0 Å². The minimum Gasteiger partial charge on any atom is -0.480 e. The van der Waals surface area contributed by atoms with Gasteiger partial charge in [0.1, 0.15) is 6.54 Å². The molecule has 2 aromatic heterocycles. The number of carboxylic acid groups (broad SMARTS) is 1. The molecule has 2 heterocycles. The standard InChI is InChI=1S/C15H20N4O4/c1-10(2)19-14-11(8-17-19)6-12(7-16-14)15(22)18(4-5-23-3)9-13(20)21/h6-8,10H,4-5,9H2,1-3H3,(H,20,21). The minimum atomic E-state index is -1.07. The Balaban J connectivity index is 2.29. The average molecular weight is 320 g/mol. The zero-order valence-electron chi connectivity index (χ0n) is 13.4. The second-order valence-corrected chi connectivity index (χ2v) is 5.43. The highest BCUT2D eigenvalue weighted by Gasteiger charge is 2.20. The van der Waals surface area contributed by atoms with Crippen LogP contribution in [0.25, 0.3) is 11.0 Å². The van der Waals surface area contributed by atoms with Crippen molar-refractivity contribution in [3.05, 3.63) is 24.0 Å². The van der Waals surface area contributed by atoms with Gasteiger partial charge in [-0.1, -0.05) is 0 Å². The van der Waals surface area contributed by atoms with Crippen molar-refractivity contribution in [1.82, 2.24) is 19.7 Å². The first-order valence-electron chi connectivity index (χ1n) is 7.27. The Morgan fingerprint density at radius 1 is 1.39 bits per heavy atom. The van der Waals surface area contributed by atoms with E-state index in [0.717, 1.165) is 5.39 Å². The molecule has 124 valence electrons. The number of fused-ring (bicyclic) bond motifs is 1. The van der Waals surface area contributed by atoms with Crippen LogP contribution in [0, 0.1) is 0 Å². The van der Waals surface area contributed by atoms with Gasteiger partial charge in [-0.15, -0.1) is 0 Å². The van der Waals surface area contributed by atoms with Crippen molar-refractivity contribution >= 4 is 22.9 Å². The number of carbonyl (C=O) groups excluding carboxylic acids is 1. The number of hydrogen-bond acceptors (Lipinski definition) is 5. The zero-order valence-corrected chi connectivity index (χ0v) is 13.4. The number of hydrogen-bond donors (Lipinski definition) is 1. The minimum absolute atomic E-state index is 0.159. The highest BCUT2D eigenvalue weighted by atomic mass is 16.5. The summed E-state index contributed by atoms with van der Waals surface area (Å²) < 4.78 is 6.69. The van der Waals surface area contributed by atoms with Gasteiger partial charge in [-0.05, 0) is 19.9 Å². The number of carboxylic acids is 1. The molecule has 0 aliphatic carbocycles. The molecule has 0 saturated carbocycles. The van der Waals surface area contributed by atoms with Crippen molar-refractivity contribution < 1.29 is 19.4 Å². The van der Waals surface area contributed by atoms with Crippen molar-refractivity contribution in [3.8, 4) is 0 Å². The molecule has 0 bridgehead atoms. The third kappa shape index (κ3) is 3.84. The molecule has 0 aliphatic heterocycles. The summed E-state index contributed by atoms with van der Waals surface area (Å²) in [5.41, 5.74) is 1.02.